The lowest BCUT2D eigenvalue weighted by Crippen LogP contribution is -2.13. The third-order valence-electron chi connectivity index (χ3n) is 3.64. The number of fused-ring (bicyclic) bond motifs is 1. The van der Waals surface area contributed by atoms with E-state index in [2.05, 4.69) is 21.6 Å². The summed E-state index contributed by atoms with van der Waals surface area (Å²) < 4.78 is 1.32. The topological polar surface area (TPSA) is 110 Å². The highest BCUT2D eigenvalue weighted by Gasteiger charge is 2.21. The number of nitrogens with one attached hydrogen (secondary N) is 1. The van der Waals surface area contributed by atoms with E-state index in [0.29, 0.717) is 27.9 Å². The molecule has 0 fully saturated rings. The molecule has 0 spiro atoms. The summed E-state index contributed by atoms with van der Waals surface area (Å²) in [4.78, 5) is 13.3. The van der Waals surface area contributed by atoms with Crippen molar-refractivity contribution >= 4 is 34.0 Å². The van der Waals surface area contributed by atoms with Gasteiger partial charge in [-0.15, -0.1) is 21.5 Å². The summed E-state index contributed by atoms with van der Waals surface area (Å²) in [6.07, 6.45) is 5.95. The number of carbonyl (C=O) groups excluding carboxylic acids is 1. The number of amides is 1. The van der Waals surface area contributed by atoms with Crippen LogP contribution in [0.15, 0.2) is 11.5 Å². The van der Waals surface area contributed by atoms with Crippen molar-refractivity contribution in [1.29, 1.82) is 5.26 Å². The summed E-state index contributed by atoms with van der Waals surface area (Å²) in [5.41, 5.74) is 1.78. The summed E-state index contributed by atoms with van der Waals surface area (Å²) >= 11 is 2.91. The van der Waals surface area contributed by atoms with Gasteiger partial charge in [0.2, 0.25) is 11.1 Å². The first-order valence-electron chi connectivity index (χ1n) is 7.31. The average molecular weight is 348 g/mol. The molecule has 0 aliphatic heterocycles. The molecule has 3 rings (SSSR count). The summed E-state index contributed by atoms with van der Waals surface area (Å²) in [6.45, 7) is 0. The summed E-state index contributed by atoms with van der Waals surface area (Å²) in [6, 6.07) is 2.25. The Bertz CT molecular complexity index is 760. The molecule has 3 N–H and O–H groups in total. The molecule has 2 heterocycles. The Morgan fingerprint density at radius 3 is 3.09 bits per heavy atom. The van der Waals surface area contributed by atoms with Crippen LogP contribution in [0.2, 0.25) is 0 Å². The number of aromatic nitrogens is 3. The normalized spacial score (nSPS) is 13.3. The Labute approximate surface area is 141 Å². The number of carbonyl (C=O) groups is 1. The molecule has 1 aliphatic carbocycles. The van der Waals surface area contributed by atoms with Crippen LogP contribution in [0.4, 0.5) is 5.00 Å². The molecule has 0 saturated heterocycles. The van der Waals surface area contributed by atoms with Gasteiger partial charge in [-0.05, 0) is 31.2 Å². The zero-order chi connectivity index (χ0) is 16.2. The summed E-state index contributed by atoms with van der Waals surface area (Å²) in [5, 5.41) is 21.0. The highest BCUT2D eigenvalue weighted by Crippen LogP contribution is 2.37. The van der Waals surface area contributed by atoms with Crippen molar-refractivity contribution in [2.75, 3.05) is 16.9 Å². The molecule has 0 unspecified atom stereocenters. The molecule has 0 atom stereocenters. The number of aryl methyl sites for hydroxylation is 1. The van der Waals surface area contributed by atoms with E-state index in [1.807, 2.05) is 0 Å². The third kappa shape index (κ3) is 3.48. The monoisotopic (exact) mass is 348 g/mol. The lowest BCUT2D eigenvalue weighted by molar-refractivity contribution is -0.115. The second-order valence-electron chi connectivity index (χ2n) is 5.19. The SMILES string of the molecule is N#Cc1c(NC(=O)CCSc2nncn2N)sc2c1CCCC2. The number of nitriles is 1. The molecular formula is C14H16N6OS2. The smallest absolute Gasteiger partial charge is 0.225 e. The van der Waals surface area contributed by atoms with E-state index in [0.717, 1.165) is 31.2 Å². The van der Waals surface area contributed by atoms with E-state index in [1.165, 1.54) is 27.6 Å². The number of hydrogen-bond acceptors (Lipinski definition) is 7. The Hall–Kier alpha value is -2.05. The van der Waals surface area contributed by atoms with Crippen molar-refractivity contribution in [3.63, 3.8) is 0 Å². The first kappa shape index (κ1) is 15.8. The average Bonchev–Trinajstić information content (AvgIpc) is 3.10. The van der Waals surface area contributed by atoms with Gasteiger partial charge < -0.3 is 11.2 Å². The van der Waals surface area contributed by atoms with Gasteiger partial charge in [0.15, 0.2) is 0 Å². The van der Waals surface area contributed by atoms with Gasteiger partial charge in [0, 0.05) is 17.1 Å². The molecule has 0 saturated carbocycles. The highest BCUT2D eigenvalue weighted by molar-refractivity contribution is 7.99. The lowest BCUT2D eigenvalue weighted by atomic mass is 9.96. The Morgan fingerprint density at radius 1 is 1.52 bits per heavy atom. The van der Waals surface area contributed by atoms with Gasteiger partial charge in [-0.3, -0.25) is 4.79 Å². The van der Waals surface area contributed by atoms with Gasteiger partial charge in [0.05, 0.1) is 5.56 Å². The van der Waals surface area contributed by atoms with Crippen LogP contribution in [0, 0.1) is 11.3 Å². The van der Waals surface area contributed by atoms with Crippen LogP contribution in [0.1, 0.15) is 35.3 Å². The Morgan fingerprint density at radius 2 is 2.35 bits per heavy atom. The molecule has 7 nitrogen and oxygen atoms in total. The number of thiophene rings is 1. The van der Waals surface area contributed by atoms with Crippen LogP contribution in [0.5, 0.6) is 0 Å². The van der Waals surface area contributed by atoms with Crippen LogP contribution < -0.4 is 11.2 Å². The highest BCUT2D eigenvalue weighted by atomic mass is 32.2. The van der Waals surface area contributed by atoms with E-state index in [9.17, 15) is 10.1 Å². The van der Waals surface area contributed by atoms with E-state index in [1.54, 1.807) is 11.3 Å². The minimum absolute atomic E-state index is 0.101. The van der Waals surface area contributed by atoms with Gasteiger partial charge in [-0.25, -0.2) is 4.68 Å². The molecule has 0 bridgehead atoms. The van der Waals surface area contributed by atoms with Crippen LogP contribution in [0.25, 0.3) is 0 Å². The number of rotatable bonds is 5. The number of hydrogen-bond donors (Lipinski definition) is 2. The molecule has 0 aromatic carbocycles. The van der Waals surface area contributed by atoms with Gasteiger partial charge in [0.25, 0.3) is 0 Å². The zero-order valence-electron chi connectivity index (χ0n) is 12.4. The quantitative estimate of drug-likeness (QED) is 0.631. The first-order valence-corrected chi connectivity index (χ1v) is 9.11. The van der Waals surface area contributed by atoms with Crippen LogP contribution >= 0.6 is 23.1 Å². The molecule has 2 aromatic rings. The fourth-order valence-corrected chi connectivity index (χ4v) is 4.56. The van der Waals surface area contributed by atoms with E-state index < -0.39 is 0 Å². The van der Waals surface area contributed by atoms with Gasteiger partial charge >= 0.3 is 0 Å². The van der Waals surface area contributed by atoms with Gasteiger partial charge in [-0.2, -0.15) is 5.26 Å². The molecule has 120 valence electrons. The molecule has 0 radical (unpaired) electrons. The number of nitrogen functional groups attached to an aromatic ring is 1. The predicted molar refractivity (Wildman–Crippen MR) is 89.8 cm³/mol. The van der Waals surface area contributed by atoms with Gasteiger partial charge in [0.1, 0.15) is 17.4 Å². The number of anilines is 1. The predicted octanol–water partition coefficient (Wildman–Crippen LogP) is 1.92. The van der Waals surface area contributed by atoms with E-state index in [-0.39, 0.29) is 5.91 Å². The largest absolute Gasteiger partial charge is 0.336 e. The number of nitrogens with two attached hydrogens (primary N) is 1. The number of nitrogens with zero attached hydrogens (tertiary/aromatic N) is 4. The summed E-state index contributed by atoms with van der Waals surface area (Å²) in [5.74, 6) is 6.06. The molecular weight excluding hydrogens is 332 g/mol. The van der Waals surface area contributed by atoms with Crippen LogP contribution in [-0.2, 0) is 17.6 Å². The van der Waals surface area contributed by atoms with Crippen LogP contribution in [-0.4, -0.2) is 26.5 Å². The molecule has 1 aliphatic rings. The van der Waals surface area contributed by atoms with E-state index in [4.69, 9.17) is 5.84 Å². The minimum atomic E-state index is -0.101. The van der Waals surface area contributed by atoms with Gasteiger partial charge in [-0.1, -0.05) is 11.8 Å². The van der Waals surface area contributed by atoms with Crippen molar-refractivity contribution in [1.82, 2.24) is 14.9 Å². The third-order valence-corrected chi connectivity index (χ3v) is 5.80. The second kappa shape index (κ2) is 7.02. The maximum atomic E-state index is 12.1. The standard InChI is InChI=1S/C14H16N6OS2/c15-7-10-9-3-1-2-4-11(9)23-13(10)18-12(21)5-6-22-14-19-17-8-20(14)16/h8H,1-6,16H2,(H,18,21). The maximum absolute atomic E-state index is 12.1. The van der Waals surface area contributed by atoms with Crippen molar-refractivity contribution in [3.8, 4) is 6.07 Å². The number of thioether (sulfide) groups is 1. The Kier molecular flexibility index (Phi) is 4.83. The summed E-state index contributed by atoms with van der Waals surface area (Å²) in [7, 11) is 0. The maximum Gasteiger partial charge on any atom is 0.225 e. The second-order valence-corrected chi connectivity index (χ2v) is 7.36. The van der Waals surface area contributed by atoms with Crippen molar-refractivity contribution in [2.45, 2.75) is 37.3 Å². The van der Waals surface area contributed by atoms with Crippen molar-refractivity contribution in [3.05, 3.63) is 22.3 Å². The van der Waals surface area contributed by atoms with Crippen molar-refractivity contribution in [2.24, 2.45) is 0 Å². The van der Waals surface area contributed by atoms with Crippen molar-refractivity contribution < 1.29 is 4.79 Å². The first-order chi connectivity index (χ1) is 11.2. The molecule has 9 heteroatoms. The minimum Gasteiger partial charge on any atom is -0.336 e. The fraction of sp³-hybridized carbons (Fsp3) is 0.429. The van der Waals surface area contributed by atoms with E-state index >= 15 is 0 Å². The Balaban J connectivity index is 1.59. The zero-order valence-corrected chi connectivity index (χ0v) is 14.0. The molecule has 2 aromatic heterocycles. The lowest BCUT2D eigenvalue weighted by Gasteiger charge is -2.09. The molecule has 23 heavy (non-hydrogen) atoms. The molecule has 1 amide bonds. The fourth-order valence-electron chi connectivity index (χ4n) is 2.53. The van der Waals surface area contributed by atoms with Crippen LogP contribution in [0.3, 0.4) is 0 Å².